The molecule has 3 N–H and O–H groups in total. The van der Waals surface area contributed by atoms with Gasteiger partial charge in [-0.15, -0.1) is 0 Å². The number of nitrogens with zero attached hydrogens (tertiary/aromatic N) is 1. The number of rotatable bonds is 5. The Balaban J connectivity index is 2.02. The number of benzene rings is 1. The Morgan fingerprint density at radius 1 is 1.30 bits per heavy atom. The maximum atomic E-state index is 12.1. The van der Waals surface area contributed by atoms with E-state index >= 15 is 0 Å². The molecule has 0 spiro atoms. The Labute approximate surface area is 133 Å². The Kier molecular flexibility index (Phi) is 5.53. The lowest BCUT2D eigenvalue weighted by Gasteiger charge is -2.22. The number of likely N-dealkylation sites (N-methyl/N-ethyl adjacent to an activating group) is 1. The van der Waals surface area contributed by atoms with Gasteiger partial charge in [0.2, 0.25) is 5.91 Å². The van der Waals surface area contributed by atoms with Crippen LogP contribution in [0.15, 0.2) is 30.3 Å². The molecule has 1 aromatic carbocycles. The molecule has 1 aliphatic rings. The minimum atomic E-state index is -1.45. The summed E-state index contributed by atoms with van der Waals surface area (Å²) in [4.78, 5) is 36.3. The molecule has 2 amide bonds. The molecule has 2 atom stereocenters. The first kappa shape index (κ1) is 16.8. The highest BCUT2D eigenvalue weighted by atomic mass is 16.7. The van der Waals surface area contributed by atoms with E-state index in [0.717, 1.165) is 0 Å². The van der Waals surface area contributed by atoms with Crippen LogP contribution in [0.1, 0.15) is 16.8 Å². The smallest absolute Gasteiger partial charge is 0.450 e. The van der Waals surface area contributed by atoms with E-state index in [1.54, 1.807) is 37.4 Å². The molecule has 8 heteroatoms. The lowest BCUT2D eigenvalue weighted by molar-refractivity contribution is -0.137. The molecule has 0 unspecified atom stereocenters. The van der Waals surface area contributed by atoms with Gasteiger partial charge in [0.1, 0.15) is 0 Å². The fourth-order valence-electron chi connectivity index (χ4n) is 2.51. The minimum absolute atomic E-state index is 0.0683. The molecule has 0 aromatic heterocycles. The van der Waals surface area contributed by atoms with Crippen LogP contribution in [0.25, 0.3) is 0 Å². The summed E-state index contributed by atoms with van der Waals surface area (Å²) in [6.45, 7) is 0.274. The van der Waals surface area contributed by atoms with Gasteiger partial charge in [-0.25, -0.2) is 4.79 Å². The molecule has 8 nitrogen and oxygen atoms in total. The number of likely N-dealkylation sites (tertiary alicyclic amines) is 1. The van der Waals surface area contributed by atoms with E-state index in [1.807, 2.05) is 0 Å². The van der Waals surface area contributed by atoms with Gasteiger partial charge in [0, 0.05) is 18.5 Å². The van der Waals surface area contributed by atoms with Gasteiger partial charge in [-0.1, -0.05) is 18.2 Å². The largest absolute Gasteiger partial charge is 0.507 e. The number of carbonyl (C=O) groups excluding carboxylic acids is 2. The predicted octanol–water partition coefficient (Wildman–Crippen LogP) is 0.257. The molecule has 1 aliphatic heterocycles. The summed E-state index contributed by atoms with van der Waals surface area (Å²) in [5.74, 6) is -0.553. The zero-order valence-electron chi connectivity index (χ0n) is 12.7. The van der Waals surface area contributed by atoms with Crippen LogP contribution in [-0.4, -0.2) is 60.4 Å². The predicted molar refractivity (Wildman–Crippen MR) is 80.9 cm³/mol. The van der Waals surface area contributed by atoms with Crippen molar-refractivity contribution in [2.45, 2.75) is 18.7 Å². The molecule has 1 heterocycles. The number of hydrogen-bond donors (Lipinski definition) is 3. The summed E-state index contributed by atoms with van der Waals surface area (Å²) in [6.07, 6.45) is -2.12. The number of nitrogens with one attached hydrogen (secondary N) is 2. The molecule has 0 saturated carbocycles. The van der Waals surface area contributed by atoms with E-state index in [9.17, 15) is 14.4 Å². The van der Waals surface area contributed by atoms with Crippen molar-refractivity contribution < 1.29 is 24.2 Å². The van der Waals surface area contributed by atoms with Gasteiger partial charge >= 0.3 is 6.16 Å². The van der Waals surface area contributed by atoms with Crippen LogP contribution in [0.5, 0.6) is 0 Å². The summed E-state index contributed by atoms with van der Waals surface area (Å²) >= 11 is 0. The Bertz CT molecular complexity index is 578. The highest BCUT2D eigenvalue weighted by molar-refractivity contribution is 5.94. The minimum Gasteiger partial charge on any atom is -0.450 e. The maximum absolute atomic E-state index is 12.1. The zero-order valence-corrected chi connectivity index (χ0v) is 12.7. The molecule has 1 saturated heterocycles. The number of carboxylic acid groups (broad SMARTS) is 1. The van der Waals surface area contributed by atoms with Gasteiger partial charge in [-0.05, 0) is 19.2 Å². The van der Waals surface area contributed by atoms with Crippen LogP contribution in [0.3, 0.4) is 0 Å². The van der Waals surface area contributed by atoms with Crippen molar-refractivity contribution in [1.29, 1.82) is 0 Å². The first-order chi connectivity index (χ1) is 11.0. The molecule has 23 heavy (non-hydrogen) atoms. The van der Waals surface area contributed by atoms with E-state index in [4.69, 9.17) is 9.84 Å². The van der Waals surface area contributed by atoms with Crippen molar-refractivity contribution >= 4 is 18.0 Å². The van der Waals surface area contributed by atoms with Crippen molar-refractivity contribution in [2.75, 3.05) is 20.1 Å². The van der Waals surface area contributed by atoms with Crippen molar-refractivity contribution in [3.05, 3.63) is 35.9 Å². The third-order valence-electron chi connectivity index (χ3n) is 3.51. The van der Waals surface area contributed by atoms with E-state index < -0.39 is 12.4 Å². The summed E-state index contributed by atoms with van der Waals surface area (Å²) < 4.78 is 4.75. The summed E-state index contributed by atoms with van der Waals surface area (Å²) in [5, 5.41) is 14.3. The molecule has 1 aromatic rings. The van der Waals surface area contributed by atoms with Crippen LogP contribution >= 0.6 is 0 Å². The van der Waals surface area contributed by atoms with E-state index in [0.29, 0.717) is 5.56 Å². The second kappa shape index (κ2) is 7.59. The van der Waals surface area contributed by atoms with Gasteiger partial charge in [0.05, 0.1) is 12.6 Å². The Morgan fingerprint density at radius 2 is 2.00 bits per heavy atom. The lowest BCUT2D eigenvalue weighted by Crippen LogP contribution is -2.43. The normalized spacial score (nSPS) is 20.1. The van der Waals surface area contributed by atoms with Crippen molar-refractivity contribution in [3.63, 3.8) is 0 Å². The topological polar surface area (TPSA) is 108 Å². The van der Waals surface area contributed by atoms with Gasteiger partial charge in [-0.2, -0.15) is 0 Å². The molecule has 0 radical (unpaired) electrons. The number of hydrogen-bond acceptors (Lipinski definition) is 5. The molecule has 1 fully saturated rings. The van der Waals surface area contributed by atoms with E-state index in [1.165, 1.54) is 4.90 Å². The highest BCUT2D eigenvalue weighted by Crippen LogP contribution is 2.20. The van der Waals surface area contributed by atoms with E-state index in [-0.39, 0.29) is 37.4 Å². The number of ether oxygens (including phenoxy) is 1. The molecule has 0 bridgehead atoms. The Hall–Kier alpha value is -2.61. The monoisotopic (exact) mass is 321 g/mol. The average Bonchev–Trinajstić information content (AvgIpc) is 2.90. The quantitative estimate of drug-likeness (QED) is 0.671. The van der Waals surface area contributed by atoms with Crippen LogP contribution in [-0.2, 0) is 9.53 Å². The molecular formula is C15H19N3O5. The van der Waals surface area contributed by atoms with Crippen molar-refractivity contribution in [1.82, 2.24) is 15.5 Å². The first-order valence-electron chi connectivity index (χ1n) is 7.21. The number of carbonyl (C=O) groups is 3. The lowest BCUT2D eigenvalue weighted by atomic mass is 10.2. The zero-order chi connectivity index (χ0) is 16.8. The van der Waals surface area contributed by atoms with Crippen molar-refractivity contribution in [3.8, 4) is 0 Å². The SMILES string of the molecule is CNCC(=O)N1C[C@H](NC(=O)c2ccccc2)C[C@@H]1OC(=O)O. The van der Waals surface area contributed by atoms with Gasteiger partial charge in [-0.3, -0.25) is 9.59 Å². The average molecular weight is 321 g/mol. The van der Waals surface area contributed by atoms with E-state index in [2.05, 4.69) is 10.6 Å². The molecule has 0 aliphatic carbocycles. The Morgan fingerprint density at radius 3 is 2.61 bits per heavy atom. The van der Waals surface area contributed by atoms with Crippen molar-refractivity contribution in [2.24, 2.45) is 0 Å². The molecule has 2 rings (SSSR count). The van der Waals surface area contributed by atoms with Crippen LogP contribution < -0.4 is 10.6 Å². The van der Waals surface area contributed by atoms with Gasteiger partial charge in [0.25, 0.3) is 5.91 Å². The third kappa shape index (κ3) is 4.43. The first-order valence-corrected chi connectivity index (χ1v) is 7.21. The molecular weight excluding hydrogens is 302 g/mol. The third-order valence-corrected chi connectivity index (χ3v) is 3.51. The molecule has 124 valence electrons. The summed E-state index contributed by atoms with van der Waals surface area (Å²) in [5.41, 5.74) is 0.503. The standard InChI is InChI=1S/C15H19N3O5/c1-16-8-12(19)18-9-11(7-13(18)23-15(21)22)17-14(20)10-5-3-2-4-6-10/h2-6,11,13,16H,7-9H2,1H3,(H,17,20)(H,21,22)/t11-,13+/m1/s1. The fourth-order valence-corrected chi connectivity index (χ4v) is 2.51. The number of amides is 2. The fraction of sp³-hybridized carbons (Fsp3) is 0.400. The summed E-state index contributed by atoms with van der Waals surface area (Å²) in [7, 11) is 1.62. The summed E-state index contributed by atoms with van der Waals surface area (Å²) in [6, 6.07) is 8.30. The second-order valence-electron chi connectivity index (χ2n) is 5.19. The highest BCUT2D eigenvalue weighted by Gasteiger charge is 2.38. The van der Waals surface area contributed by atoms with Gasteiger partial charge in [0.15, 0.2) is 6.23 Å². The van der Waals surface area contributed by atoms with Gasteiger partial charge < -0.3 is 25.4 Å². The van der Waals surface area contributed by atoms with Crippen LogP contribution in [0.4, 0.5) is 4.79 Å². The maximum Gasteiger partial charge on any atom is 0.507 e. The van der Waals surface area contributed by atoms with Crippen LogP contribution in [0, 0.1) is 0 Å². The second-order valence-corrected chi connectivity index (χ2v) is 5.19. The van der Waals surface area contributed by atoms with Crippen LogP contribution in [0.2, 0.25) is 0 Å².